The van der Waals surface area contributed by atoms with Crippen molar-refractivity contribution in [2.45, 2.75) is 13.0 Å². The summed E-state index contributed by atoms with van der Waals surface area (Å²) in [5, 5.41) is 11.2. The molecular formula is C19H19ClN4O3. The van der Waals surface area contributed by atoms with Crippen LogP contribution in [0.25, 0.3) is 0 Å². The highest BCUT2D eigenvalue weighted by atomic mass is 35.5. The molecule has 0 fully saturated rings. The fourth-order valence-electron chi connectivity index (χ4n) is 3.05. The number of carbonyl (C=O) groups is 1. The largest absolute Gasteiger partial charge is 0.383 e. The Bertz CT molecular complexity index is 927. The molecule has 140 valence electrons. The maximum Gasteiger partial charge on any atom is 0.270 e. The molecule has 1 aliphatic rings. The highest BCUT2D eigenvalue weighted by molar-refractivity contribution is 6.31. The van der Waals surface area contributed by atoms with Crippen LogP contribution in [0.15, 0.2) is 48.3 Å². The van der Waals surface area contributed by atoms with Crippen LogP contribution in [-0.4, -0.2) is 41.2 Å². The van der Waals surface area contributed by atoms with Gasteiger partial charge in [0.25, 0.3) is 5.69 Å². The van der Waals surface area contributed by atoms with Crippen molar-refractivity contribution in [3.63, 3.8) is 0 Å². The summed E-state index contributed by atoms with van der Waals surface area (Å²) in [4.78, 5) is 31.6. The van der Waals surface area contributed by atoms with E-state index in [0.29, 0.717) is 41.5 Å². The average molecular weight is 387 g/mol. The Morgan fingerprint density at radius 1 is 1.37 bits per heavy atom. The molecule has 2 heterocycles. The van der Waals surface area contributed by atoms with Gasteiger partial charge < -0.3 is 9.80 Å². The lowest BCUT2D eigenvalue weighted by Gasteiger charge is -2.23. The van der Waals surface area contributed by atoms with Gasteiger partial charge in [-0.3, -0.25) is 14.9 Å². The molecule has 0 spiro atoms. The molecule has 27 heavy (non-hydrogen) atoms. The number of carbonyl (C=O) groups excluding carboxylic acids is 1. The summed E-state index contributed by atoms with van der Waals surface area (Å²) < 4.78 is 0. The number of fused-ring (bicyclic) bond motifs is 1. The molecular weight excluding hydrogens is 368 g/mol. The Hall–Kier alpha value is -2.93. The van der Waals surface area contributed by atoms with Gasteiger partial charge in [-0.25, -0.2) is 4.98 Å². The fraction of sp³-hybridized carbons (Fsp3) is 0.263. The maximum atomic E-state index is 12.9. The van der Waals surface area contributed by atoms with Gasteiger partial charge in [-0.05, 0) is 30.2 Å². The fourth-order valence-corrected chi connectivity index (χ4v) is 3.28. The number of halogens is 1. The Morgan fingerprint density at radius 2 is 2.15 bits per heavy atom. The molecule has 3 rings (SSSR count). The van der Waals surface area contributed by atoms with Crippen LogP contribution >= 0.6 is 11.6 Å². The first-order valence-electron chi connectivity index (χ1n) is 8.41. The number of nitro benzene ring substituents is 1. The topological polar surface area (TPSA) is 79.6 Å². The zero-order chi connectivity index (χ0) is 19.6. The molecule has 0 bridgehead atoms. The monoisotopic (exact) mass is 386 g/mol. The minimum Gasteiger partial charge on any atom is -0.383 e. The number of hydrogen-bond donors (Lipinski definition) is 0. The molecule has 0 aliphatic carbocycles. The number of hydrogen-bond acceptors (Lipinski definition) is 6. The summed E-state index contributed by atoms with van der Waals surface area (Å²) in [6.07, 6.45) is 4.05. The lowest BCUT2D eigenvalue weighted by molar-refractivity contribution is -0.384. The molecule has 2 aromatic rings. The van der Waals surface area contributed by atoms with Crippen molar-refractivity contribution >= 4 is 28.9 Å². The Labute approximate surface area is 162 Å². The third-order valence-electron chi connectivity index (χ3n) is 4.30. The molecule has 0 saturated carbocycles. The van der Waals surface area contributed by atoms with E-state index >= 15 is 0 Å². The van der Waals surface area contributed by atoms with Crippen LogP contribution < -0.4 is 4.90 Å². The van der Waals surface area contributed by atoms with E-state index in [2.05, 4.69) is 4.98 Å². The number of rotatable bonds is 4. The van der Waals surface area contributed by atoms with Crippen molar-refractivity contribution < 1.29 is 9.72 Å². The molecule has 0 unspecified atom stereocenters. The van der Waals surface area contributed by atoms with E-state index in [1.807, 2.05) is 30.1 Å². The van der Waals surface area contributed by atoms with Crippen molar-refractivity contribution in [2.75, 3.05) is 25.5 Å². The van der Waals surface area contributed by atoms with E-state index in [9.17, 15) is 14.9 Å². The minimum atomic E-state index is -0.477. The van der Waals surface area contributed by atoms with Gasteiger partial charge >= 0.3 is 0 Å². The van der Waals surface area contributed by atoms with Gasteiger partial charge in [-0.15, -0.1) is 0 Å². The molecule has 0 atom stereocenters. The van der Waals surface area contributed by atoms with Crippen LogP contribution in [-0.2, 0) is 6.54 Å². The number of ketones is 1. The van der Waals surface area contributed by atoms with E-state index in [-0.39, 0.29) is 11.5 Å². The summed E-state index contributed by atoms with van der Waals surface area (Å²) in [6.45, 7) is 0.992. The van der Waals surface area contributed by atoms with E-state index in [1.165, 1.54) is 12.1 Å². The lowest BCUT2D eigenvalue weighted by atomic mass is 10.0. The zero-order valence-corrected chi connectivity index (χ0v) is 15.8. The van der Waals surface area contributed by atoms with Crippen LogP contribution in [0.5, 0.6) is 0 Å². The molecule has 1 aromatic carbocycles. The van der Waals surface area contributed by atoms with E-state index < -0.39 is 4.92 Å². The maximum absolute atomic E-state index is 12.9. The number of benzene rings is 1. The van der Waals surface area contributed by atoms with Gasteiger partial charge in [0.2, 0.25) is 0 Å². The molecule has 1 aromatic heterocycles. The number of Topliss-reactive ketones (excluding diaryl/α,β-unsaturated/α-hetero) is 1. The SMILES string of the molecule is CN(C)C=C1CCN(Cc2ccc([N+](=O)[O-])cc2Cl)c2ncccc2C1=O. The number of anilines is 1. The molecule has 8 heteroatoms. The quantitative estimate of drug-likeness (QED) is 0.453. The van der Waals surface area contributed by atoms with Gasteiger partial charge in [-0.2, -0.15) is 0 Å². The van der Waals surface area contributed by atoms with Gasteiger partial charge in [-0.1, -0.05) is 11.6 Å². The normalized spacial score (nSPS) is 15.4. The van der Waals surface area contributed by atoms with Crippen LogP contribution in [0, 0.1) is 10.1 Å². The Kier molecular flexibility index (Phi) is 5.41. The first-order chi connectivity index (χ1) is 12.9. The van der Waals surface area contributed by atoms with Gasteiger partial charge in [0.05, 0.1) is 15.5 Å². The third kappa shape index (κ3) is 4.09. The Morgan fingerprint density at radius 3 is 2.81 bits per heavy atom. The Balaban J connectivity index is 1.96. The van der Waals surface area contributed by atoms with E-state index in [0.717, 1.165) is 5.56 Å². The molecule has 7 nitrogen and oxygen atoms in total. The summed E-state index contributed by atoms with van der Waals surface area (Å²) in [5.74, 6) is 0.558. The van der Waals surface area contributed by atoms with Gasteiger partial charge in [0, 0.05) is 57.3 Å². The number of aromatic nitrogens is 1. The third-order valence-corrected chi connectivity index (χ3v) is 4.65. The zero-order valence-electron chi connectivity index (χ0n) is 15.1. The standard InChI is InChI=1S/C19H19ClN4O3/c1-22(2)11-14-7-9-23(19-16(18(14)25)4-3-8-21-19)12-13-5-6-15(24(26)27)10-17(13)20/h3-6,8,10-11H,7,9,12H2,1-2H3. The second-order valence-electron chi connectivity index (χ2n) is 6.53. The number of nitro groups is 1. The first kappa shape index (κ1) is 18.8. The number of nitrogens with zero attached hydrogens (tertiary/aromatic N) is 4. The van der Waals surface area contributed by atoms with E-state index in [1.54, 1.807) is 24.4 Å². The molecule has 0 N–H and O–H groups in total. The second-order valence-corrected chi connectivity index (χ2v) is 6.93. The van der Waals surface area contributed by atoms with Crippen LogP contribution in [0.2, 0.25) is 5.02 Å². The minimum absolute atomic E-state index is 0.0379. The lowest BCUT2D eigenvalue weighted by Crippen LogP contribution is -2.25. The highest BCUT2D eigenvalue weighted by Crippen LogP contribution is 2.30. The van der Waals surface area contributed by atoms with Crippen molar-refractivity contribution in [3.05, 3.63) is 74.6 Å². The first-order valence-corrected chi connectivity index (χ1v) is 8.79. The summed E-state index contributed by atoms with van der Waals surface area (Å²) in [5.41, 5.74) is 1.95. The van der Waals surface area contributed by atoms with Gasteiger partial charge in [0.15, 0.2) is 5.78 Å². The molecule has 0 radical (unpaired) electrons. The summed E-state index contributed by atoms with van der Waals surface area (Å²) >= 11 is 6.25. The predicted octanol–water partition coefficient (Wildman–Crippen LogP) is 3.68. The molecule has 0 saturated heterocycles. The number of non-ortho nitro benzene ring substituents is 1. The van der Waals surface area contributed by atoms with E-state index in [4.69, 9.17) is 11.6 Å². The van der Waals surface area contributed by atoms with Crippen molar-refractivity contribution in [1.29, 1.82) is 0 Å². The van der Waals surface area contributed by atoms with Gasteiger partial charge in [0.1, 0.15) is 5.82 Å². The highest BCUT2D eigenvalue weighted by Gasteiger charge is 2.26. The predicted molar refractivity (Wildman–Crippen MR) is 104 cm³/mol. The molecule has 0 amide bonds. The summed E-state index contributed by atoms with van der Waals surface area (Å²) in [7, 11) is 3.76. The van der Waals surface area contributed by atoms with Crippen molar-refractivity contribution in [2.24, 2.45) is 0 Å². The summed E-state index contributed by atoms with van der Waals surface area (Å²) in [6, 6.07) is 7.93. The van der Waals surface area contributed by atoms with Crippen LogP contribution in [0.4, 0.5) is 11.5 Å². The van der Waals surface area contributed by atoms with Crippen LogP contribution in [0.3, 0.4) is 0 Å². The second kappa shape index (κ2) is 7.75. The van der Waals surface area contributed by atoms with Crippen molar-refractivity contribution in [1.82, 2.24) is 9.88 Å². The number of pyridine rings is 1. The average Bonchev–Trinajstić information content (AvgIpc) is 2.75. The van der Waals surface area contributed by atoms with Crippen LogP contribution in [0.1, 0.15) is 22.3 Å². The van der Waals surface area contributed by atoms with Crippen molar-refractivity contribution in [3.8, 4) is 0 Å². The smallest absolute Gasteiger partial charge is 0.270 e. The molecule has 1 aliphatic heterocycles.